The minimum Gasteiger partial charge on any atom is -0.372 e. The molecular formula is C15H31N3O. The van der Waals surface area contributed by atoms with Crippen molar-refractivity contribution in [2.24, 2.45) is 0 Å². The minimum absolute atomic E-state index is 0.440. The van der Waals surface area contributed by atoms with Gasteiger partial charge in [0.1, 0.15) is 0 Å². The van der Waals surface area contributed by atoms with Crippen molar-refractivity contribution in [2.75, 3.05) is 46.3 Å². The molecule has 0 aromatic heterocycles. The fourth-order valence-corrected chi connectivity index (χ4v) is 3.32. The Morgan fingerprint density at radius 3 is 2.79 bits per heavy atom. The number of nitrogens with one attached hydrogen (secondary N) is 1. The zero-order valence-electron chi connectivity index (χ0n) is 12.9. The standard InChI is InChI=1S/C15H31N3O/c1-4-16-10-14-6-7-15(19-14)12-18-9-5-8-17(3)11-13(18)2/h13-16H,4-12H2,1-3H3. The third-order valence-corrected chi connectivity index (χ3v) is 4.44. The van der Waals surface area contributed by atoms with Crippen molar-refractivity contribution in [2.45, 2.75) is 51.4 Å². The van der Waals surface area contributed by atoms with Crippen LogP contribution in [0.15, 0.2) is 0 Å². The highest BCUT2D eigenvalue weighted by Gasteiger charge is 2.28. The van der Waals surface area contributed by atoms with Crippen LogP contribution in [0.5, 0.6) is 0 Å². The molecule has 0 aromatic carbocycles. The number of nitrogens with zero attached hydrogens (tertiary/aromatic N) is 2. The van der Waals surface area contributed by atoms with Crippen molar-refractivity contribution >= 4 is 0 Å². The monoisotopic (exact) mass is 269 g/mol. The second-order valence-electron chi connectivity index (χ2n) is 6.22. The van der Waals surface area contributed by atoms with E-state index in [1.54, 1.807) is 0 Å². The largest absolute Gasteiger partial charge is 0.372 e. The van der Waals surface area contributed by atoms with E-state index in [-0.39, 0.29) is 0 Å². The molecule has 0 aliphatic carbocycles. The summed E-state index contributed by atoms with van der Waals surface area (Å²) in [5.41, 5.74) is 0. The van der Waals surface area contributed by atoms with Crippen molar-refractivity contribution in [1.82, 2.24) is 15.1 Å². The van der Waals surface area contributed by atoms with E-state index in [1.165, 1.54) is 38.9 Å². The first-order valence-electron chi connectivity index (χ1n) is 7.97. The second kappa shape index (κ2) is 7.58. The summed E-state index contributed by atoms with van der Waals surface area (Å²) in [5, 5.41) is 3.39. The van der Waals surface area contributed by atoms with Crippen LogP contribution in [0.2, 0.25) is 0 Å². The predicted octanol–water partition coefficient (Wildman–Crippen LogP) is 1.17. The number of likely N-dealkylation sites (N-methyl/N-ethyl adjacent to an activating group) is 2. The molecule has 0 saturated carbocycles. The third kappa shape index (κ3) is 4.71. The van der Waals surface area contributed by atoms with Gasteiger partial charge in [-0.05, 0) is 52.9 Å². The fourth-order valence-electron chi connectivity index (χ4n) is 3.32. The summed E-state index contributed by atoms with van der Waals surface area (Å²) < 4.78 is 6.16. The number of ether oxygens (including phenoxy) is 1. The van der Waals surface area contributed by atoms with Crippen molar-refractivity contribution in [1.29, 1.82) is 0 Å². The molecule has 0 radical (unpaired) electrons. The Labute approximate surface area is 118 Å². The molecule has 3 unspecified atom stereocenters. The highest BCUT2D eigenvalue weighted by Crippen LogP contribution is 2.21. The lowest BCUT2D eigenvalue weighted by atomic mass is 10.1. The van der Waals surface area contributed by atoms with Gasteiger partial charge >= 0.3 is 0 Å². The van der Waals surface area contributed by atoms with Gasteiger partial charge in [-0.2, -0.15) is 0 Å². The predicted molar refractivity (Wildman–Crippen MR) is 79.6 cm³/mol. The maximum absolute atomic E-state index is 6.16. The minimum atomic E-state index is 0.440. The number of rotatable bonds is 5. The molecule has 2 rings (SSSR count). The maximum Gasteiger partial charge on any atom is 0.0707 e. The Morgan fingerprint density at radius 2 is 2.00 bits per heavy atom. The van der Waals surface area contributed by atoms with Crippen LogP contribution >= 0.6 is 0 Å². The third-order valence-electron chi connectivity index (χ3n) is 4.44. The van der Waals surface area contributed by atoms with Crippen LogP contribution in [0, 0.1) is 0 Å². The molecule has 0 aromatic rings. The summed E-state index contributed by atoms with van der Waals surface area (Å²) in [5.74, 6) is 0. The molecule has 0 bridgehead atoms. The average Bonchev–Trinajstić information content (AvgIpc) is 2.76. The summed E-state index contributed by atoms with van der Waals surface area (Å²) in [6, 6.07) is 0.656. The normalized spacial score (nSPS) is 34.6. The first-order chi connectivity index (χ1) is 9.19. The van der Waals surface area contributed by atoms with Gasteiger partial charge in [-0.25, -0.2) is 0 Å². The molecular weight excluding hydrogens is 238 g/mol. The van der Waals surface area contributed by atoms with Gasteiger partial charge in [-0.15, -0.1) is 0 Å². The molecule has 4 nitrogen and oxygen atoms in total. The SMILES string of the molecule is CCNCC1CCC(CN2CCCN(C)CC2C)O1. The Bertz CT molecular complexity index is 262. The lowest BCUT2D eigenvalue weighted by Crippen LogP contribution is -2.42. The van der Waals surface area contributed by atoms with Gasteiger partial charge in [0, 0.05) is 25.7 Å². The van der Waals surface area contributed by atoms with E-state index in [0.717, 1.165) is 19.6 Å². The quantitative estimate of drug-likeness (QED) is 0.811. The molecule has 3 atom stereocenters. The Hall–Kier alpha value is -0.160. The highest BCUT2D eigenvalue weighted by atomic mass is 16.5. The van der Waals surface area contributed by atoms with Gasteiger partial charge < -0.3 is 15.0 Å². The van der Waals surface area contributed by atoms with Gasteiger partial charge in [-0.1, -0.05) is 6.92 Å². The molecule has 4 heteroatoms. The molecule has 19 heavy (non-hydrogen) atoms. The Balaban J connectivity index is 1.75. The first-order valence-corrected chi connectivity index (χ1v) is 7.97. The summed E-state index contributed by atoms with van der Waals surface area (Å²) in [7, 11) is 2.23. The molecule has 2 aliphatic heterocycles. The lowest BCUT2D eigenvalue weighted by Gasteiger charge is -2.30. The molecule has 2 aliphatic rings. The maximum atomic E-state index is 6.16. The zero-order valence-corrected chi connectivity index (χ0v) is 12.9. The van der Waals surface area contributed by atoms with E-state index in [4.69, 9.17) is 4.74 Å². The van der Waals surface area contributed by atoms with Crippen LogP contribution in [-0.4, -0.2) is 74.4 Å². The molecule has 2 heterocycles. The van der Waals surface area contributed by atoms with Gasteiger partial charge in [-0.3, -0.25) is 4.90 Å². The van der Waals surface area contributed by atoms with Crippen molar-refractivity contribution in [3.05, 3.63) is 0 Å². The summed E-state index contributed by atoms with van der Waals surface area (Å²) >= 11 is 0. The summed E-state index contributed by atoms with van der Waals surface area (Å²) in [6.45, 7) is 11.3. The summed E-state index contributed by atoms with van der Waals surface area (Å²) in [6.07, 6.45) is 4.63. The molecule has 2 saturated heterocycles. The van der Waals surface area contributed by atoms with Gasteiger partial charge in [0.05, 0.1) is 12.2 Å². The Kier molecular flexibility index (Phi) is 6.07. The van der Waals surface area contributed by atoms with Crippen molar-refractivity contribution < 1.29 is 4.74 Å². The molecule has 112 valence electrons. The van der Waals surface area contributed by atoms with E-state index in [2.05, 4.69) is 36.0 Å². The van der Waals surface area contributed by atoms with Crippen LogP contribution in [-0.2, 0) is 4.74 Å². The van der Waals surface area contributed by atoms with E-state index in [1.807, 2.05) is 0 Å². The van der Waals surface area contributed by atoms with Crippen molar-refractivity contribution in [3.8, 4) is 0 Å². The average molecular weight is 269 g/mol. The molecule has 0 spiro atoms. The topological polar surface area (TPSA) is 27.7 Å². The number of hydrogen-bond donors (Lipinski definition) is 1. The fraction of sp³-hybridized carbons (Fsp3) is 1.00. The molecule has 1 N–H and O–H groups in total. The van der Waals surface area contributed by atoms with Crippen LogP contribution in [0.1, 0.15) is 33.1 Å². The van der Waals surface area contributed by atoms with E-state index < -0.39 is 0 Å². The second-order valence-corrected chi connectivity index (χ2v) is 6.22. The Morgan fingerprint density at radius 1 is 1.21 bits per heavy atom. The molecule has 2 fully saturated rings. The first kappa shape index (κ1) is 15.2. The van der Waals surface area contributed by atoms with Gasteiger partial charge in [0.25, 0.3) is 0 Å². The van der Waals surface area contributed by atoms with Crippen LogP contribution < -0.4 is 5.32 Å². The van der Waals surface area contributed by atoms with Crippen LogP contribution in [0.4, 0.5) is 0 Å². The molecule has 0 amide bonds. The van der Waals surface area contributed by atoms with E-state index >= 15 is 0 Å². The zero-order chi connectivity index (χ0) is 13.7. The van der Waals surface area contributed by atoms with Crippen molar-refractivity contribution in [3.63, 3.8) is 0 Å². The van der Waals surface area contributed by atoms with Crippen LogP contribution in [0.3, 0.4) is 0 Å². The van der Waals surface area contributed by atoms with E-state index in [0.29, 0.717) is 18.2 Å². The smallest absolute Gasteiger partial charge is 0.0707 e. The van der Waals surface area contributed by atoms with Gasteiger partial charge in [0.15, 0.2) is 0 Å². The number of hydrogen-bond acceptors (Lipinski definition) is 4. The van der Waals surface area contributed by atoms with Gasteiger partial charge in [0.2, 0.25) is 0 Å². The summed E-state index contributed by atoms with van der Waals surface area (Å²) in [4.78, 5) is 5.08. The van der Waals surface area contributed by atoms with Crippen LogP contribution in [0.25, 0.3) is 0 Å². The highest BCUT2D eigenvalue weighted by molar-refractivity contribution is 4.82. The van der Waals surface area contributed by atoms with E-state index in [9.17, 15) is 0 Å². The lowest BCUT2D eigenvalue weighted by molar-refractivity contribution is 0.0167.